The van der Waals surface area contributed by atoms with Gasteiger partial charge >= 0.3 is 12.2 Å². The Balaban J connectivity index is 0.00000332. The molecule has 2 heterocycles. The lowest BCUT2D eigenvalue weighted by molar-refractivity contribution is 0.0350. The molecule has 4 rings (SSSR count). The molecule has 2 amide bonds. The number of halogens is 1. The molecule has 50 heavy (non-hydrogen) atoms. The van der Waals surface area contributed by atoms with Crippen LogP contribution in [0.1, 0.15) is 96.6 Å². The summed E-state index contributed by atoms with van der Waals surface area (Å²) in [5.41, 5.74) is 2.73. The summed E-state index contributed by atoms with van der Waals surface area (Å²) in [4.78, 5) is 36.9. The number of hydrogen-bond acceptors (Lipinski definition) is 7. The van der Waals surface area contributed by atoms with Gasteiger partial charge in [-0.1, -0.05) is 64.6 Å². The van der Waals surface area contributed by atoms with E-state index in [0.717, 1.165) is 29.7 Å². The second-order valence-corrected chi connectivity index (χ2v) is 14.5. The number of ether oxygens (including phenoxy) is 2. The minimum Gasteiger partial charge on any atom is -0.449 e. The number of benzene rings is 1. The van der Waals surface area contributed by atoms with Crippen LogP contribution in [0.15, 0.2) is 62.2 Å². The molecule has 2 aromatic rings. The highest BCUT2D eigenvalue weighted by atomic mass is 35.5. The Morgan fingerprint density at radius 1 is 1.20 bits per heavy atom. The number of rotatable bonds is 14. The van der Waals surface area contributed by atoms with E-state index in [0.29, 0.717) is 49.8 Å². The van der Waals surface area contributed by atoms with Crippen molar-refractivity contribution >= 4 is 29.4 Å². The predicted octanol–water partition coefficient (Wildman–Crippen LogP) is 8.38. The van der Waals surface area contributed by atoms with Crippen LogP contribution >= 0.6 is 11.6 Å². The van der Waals surface area contributed by atoms with E-state index in [9.17, 15) is 9.59 Å². The molecule has 1 aliphatic carbocycles. The summed E-state index contributed by atoms with van der Waals surface area (Å²) in [5, 5.41) is 3.62. The summed E-state index contributed by atoms with van der Waals surface area (Å²) in [6.07, 6.45) is 11.2. The van der Waals surface area contributed by atoms with Crippen LogP contribution in [0.5, 0.6) is 0 Å². The molecular weight excluding hydrogens is 652 g/mol. The summed E-state index contributed by atoms with van der Waals surface area (Å²) < 4.78 is 13.3. The van der Waals surface area contributed by atoms with E-state index in [2.05, 4.69) is 47.1 Å². The Kier molecular flexibility index (Phi) is 14.6. The molecule has 1 saturated carbocycles. The van der Waals surface area contributed by atoms with Crippen molar-refractivity contribution < 1.29 is 19.1 Å². The van der Waals surface area contributed by atoms with Crippen LogP contribution in [0.3, 0.4) is 0 Å². The Labute approximate surface area is 305 Å². The van der Waals surface area contributed by atoms with Gasteiger partial charge in [-0.3, -0.25) is 4.90 Å². The molecule has 2 fully saturated rings. The highest BCUT2D eigenvalue weighted by Gasteiger charge is 2.40. The van der Waals surface area contributed by atoms with Crippen LogP contribution in [0, 0.1) is 5.41 Å². The van der Waals surface area contributed by atoms with Gasteiger partial charge in [-0.05, 0) is 81.1 Å². The molecule has 0 spiro atoms. The third kappa shape index (κ3) is 10.6. The Morgan fingerprint density at radius 3 is 2.42 bits per heavy atom. The number of carbonyl (C=O) groups is 2. The van der Waals surface area contributed by atoms with Crippen molar-refractivity contribution in [1.82, 2.24) is 29.6 Å². The lowest BCUT2D eigenvalue weighted by Crippen LogP contribution is -2.53. The van der Waals surface area contributed by atoms with Crippen molar-refractivity contribution in [3.05, 3.63) is 84.1 Å². The van der Waals surface area contributed by atoms with Crippen molar-refractivity contribution in [2.24, 2.45) is 12.5 Å². The molecule has 1 aromatic carbocycles. The van der Waals surface area contributed by atoms with Crippen LogP contribution in [0.25, 0.3) is 5.57 Å². The van der Waals surface area contributed by atoms with Crippen molar-refractivity contribution in [3.8, 4) is 0 Å². The standard InChI is InChI=1S/C37H53ClN6O4.C2H6/c1-10-12-17-41(8)27(4)33(43-18-20-44(21-19-43)35(46)47-24-37(7)15-16-37)29-14-13-28(38)22-30(29)26(3)32(31-23-39-25-42(31)9)40-34(45)48-36(5,6)11-2;1-2/h10,12-14,17,22-23,25,27,32-33H,1,3,11,15-16,18-21,24H2,2,4-9H3,(H,40,45);1-2H3/b17-12-;/t27?,32-,33-;/m1./s1. The van der Waals surface area contributed by atoms with Crippen molar-refractivity contribution in [1.29, 1.82) is 0 Å². The summed E-state index contributed by atoms with van der Waals surface area (Å²) in [5.74, 6) is 0. The number of aromatic nitrogens is 2. The molecule has 3 atom stereocenters. The third-order valence-corrected chi connectivity index (χ3v) is 10.1. The predicted molar refractivity (Wildman–Crippen MR) is 203 cm³/mol. The van der Waals surface area contributed by atoms with E-state index in [1.807, 2.05) is 83.8 Å². The number of likely N-dealkylation sites (N-methyl/N-ethyl adjacent to an activating group) is 1. The molecule has 1 saturated heterocycles. The van der Waals surface area contributed by atoms with Crippen LogP contribution in [0.2, 0.25) is 5.02 Å². The molecule has 1 unspecified atom stereocenters. The van der Waals surface area contributed by atoms with E-state index >= 15 is 0 Å². The van der Waals surface area contributed by atoms with Gasteiger partial charge < -0.3 is 29.2 Å². The number of carbonyl (C=O) groups excluding carboxylic acids is 2. The summed E-state index contributed by atoms with van der Waals surface area (Å²) in [7, 11) is 3.92. The maximum absolute atomic E-state index is 13.3. The number of allylic oxidation sites excluding steroid dienone is 2. The zero-order chi connectivity index (χ0) is 37.2. The first kappa shape index (κ1) is 40.7. The lowest BCUT2D eigenvalue weighted by Gasteiger charge is -2.44. The van der Waals surface area contributed by atoms with Crippen LogP contribution in [-0.2, 0) is 16.5 Å². The molecule has 1 aromatic heterocycles. The van der Waals surface area contributed by atoms with Gasteiger partial charge in [0.05, 0.1) is 36.9 Å². The Hall–Kier alpha value is -3.76. The lowest BCUT2D eigenvalue weighted by atomic mass is 9.87. The summed E-state index contributed by atoms with van der Waals surface area (Å²) in [6, 6.07) is 5.06. The first-order valence-corrected chi connectivity index (χ1v) is 18.2. The molecule has 2 aliphatic rings. The third-order valence-electron chi connectivity index (χ3n) is 9.83. The van der Waals surface area contributed by atoms with Crippen molar-refractivity contribution in [2.45, 2.75) is 91.5 Å². The number of imidazole rings is 1. The number of aryl methyl sites for hydroxylation is 1. The van der Waals surface area contributed by atoms with Gasteiger partial charge in [0.15, 0.2) is 0 Å². The average Bonchev–Trinajstić information content (AvgIpc) is 3.70. The highest BCUT2D eigenvalue weighted by Crippen LogP contribution is 2.45. The number of nitrogens with zero attached hydrogens (tertiary/aromatic N) is 5. The van der Waals surface area contributed by atoms with Gasteiger partial charge in [0, 0.05) is 56.8 Å². The minimum absolute atomic E-state index is 0.0133. The second kappa shape index (κ2) is 17.9. The van der Waals surface area contributed by atoms with Gasteiger partial charge in [-0.2, -0.15) is 0 Å². The molecule has 1 aliphatic heterocycles. The summed E-state index contributed by atoms with van der Waals surface area (Å²) >= 11 is 6.68. The molecule has 0 radical (unpaired) electrons. The first-order chi connectivity index (χ1) is 23.7. The largest absolute Gasteiger partial charge is 0.449 e. The number of alkyl carbamates (subject to hydrolysis) is 1. The molecule has 11 heteroatoms. The van der Waals surface area contributed by atoms with E-state index in [4.69, 9.17) is 21.1 Å². The highest BCUT2D eigenvalue weighted by molar-refractivity contribution is 6.30. The van der Waals surface area contributed by atoms with Gasteiger partial charge in [-0.15, -0.1) is 0 Å². The van der Waals surface area contributed by atoms with Crippen molar-refractivity contribution in [2.75, 3.05) is 39.8 Å². The second-order valence-electron chi connectivity index (χ2n) is 14.1. The van der Waals surface area contributed by atoms with Crippen LogP contribution in [-0.4, -0.2) is 87.9 Å². The van der Waals surface area contributed by atoms with Crippen LogP contribution < -0.4 is 5.32 Å². The molecule has 276 valence electrons. The maximum atomic E-state index is 13.3. The molecule has 0 bridgehead atoms. The van der Waals surface area contributed by atoms with Crippen molar-refractivity contribution in [3.63, 3.8) is 0 Å². The SMILES string of the molecule is C=C/C=C\N(C)C(C)[C@H](c1ccc(Cl)cc1C(=C)[C@@H](NC(=O)OC(C)(C)CC)c1cncn1C)N1CCN(C(=O)OCC2(C)CC2)CC1.CC. The van der Waals surface area contributed by atoms with E-state index in [1.165, 1.54) is 0 Å². The topological polar surface area (TPSA) is 92.2 Å². The summed E-state index contributed by atoms with van der Waals surface area (Å²) in [6.45, 7) is 25.3. The average molecular weight is 711 g/mol. The fourth-order valence-electron chi connectivity index (χ4n) is 5.86. The first-order valence-electron chi connectivity index (χ1n) is 17.8. The Bertz CT molecular complexity index is 1490. The van der Waals surface area contributed by atoms with E-state index in [-0.39, 0.29) is 23.6 Å². The monoisotopic (exact) mass is 710 g/mol. The zero-order valence-electron chi connectivity index (χ0n) is 31.7. The van der Waals surface area contributed by atoms with Gasteiger partial charge in [0.1, 0.15) is 5.60 Å². The number of piperazine rings is 1. The van der Waals surface area contributed by atoms with Gasteiger partial charge in [0.25, 0.3) is 0 Å². The molecule has 10 nitrogen and oxygen atoms in total. The minimum atomic E-state index is -0.649. The number of nitrogens with one attached hydrogen (secondary N) is 1. The van der Waals surface area contributed by atoms with E-state index < -0.39 is 17.7 Å². The number of hydrogen-bond donors (Lipinski definition) is 1. The Morgan fingerprint density at radius 2 is 1.86 bits per heavy atom. The fourth-order valence-corrected chi connectivity index (χ4v) is 6.03. The van der Waals surface area contributed by atoms with Gasteiger partial charge in [-0.25, -0.2) is 14.6 Å². The normalized spacial score (nSPS) is 17.5. The maximum Gasteiger partial charge on any atom is 0.409 e. The molecular formula is C39H59ClN6O4. The zero-order valence-corrected chi connectivity index (χ0v) is 32.4. The number of amides is 2. The molecule has 1 N–H and O–H groups in total. The van der Waals surface area contributed by atoms with Gasteiger partial charge in [0.2, 0.25) is 0 Å². The van der Waals surface area contributed by atoms with E-state index in [1.54, 1.807) is 23.5 Å². The van der Waals surface area contributed by atoms with Crippen LogP contribution in [0.4, 0.5) is 9.59 Å². The smallest absolute Gasteiger partial charge is 0.409 e. The fraction of sp³-hybridized carbons (Fsp3) is 0.564. The quantitative estimate of drug-likeness (QED) is 0.197.